The second-order valence-electron chi connectivity index (χ2n) is 3.18. The minimum atomic E-state index is -0.472. The molecule has 1 atom stereocenters. The second kappa shape index (κ2) is 4.98. The molecule has 1 aromatic rings. The summed E-state index contributed by atoms with van der Waals surface area (Å²) < 4.78 is 10.2. The lowest BCUT2D eigenvalue weighted by atomic mass is 10.1. The lowest BCUT2D eigenvalue weighted by Gasteiger charge is -2.11. The molecule has 0 aliphatic heterocycles. The molecular weight excluding hydrogens is 180 g/mol. The number of benzene rings is 1. The number of methoxy groups -OCH3 is 2. The molecule has 0 spiro atoms. The Morgan fingerprint density at radius 2 is 2.07 bits per heavy atom. The summed E-state index contributed by atoms with van der Waals surface area (Å²) in [5.74, 6) is 0.755. The van der Waals surface area contributed by atoms with Gasteiger partial charge in [-0.05, 0) is 18.6 Å². The zero-order valence-electron chi connectivity index (χ0n) is 8.78. The van der Waals surface area contributed by atoms with E-state index in [4.69, 9.17) is 9.47 Å². The first kappa shape index (κ1) is 11.0. The summed E-state index contributed by atoms with van der Waals surface area (Å²) in [6.45, 7) is 2.24. The third-order valence-electron chi connectivity index (χ3n) is 2.09. The maximum absolute atomic E-state index is 9.38. The number of aliphatic hydroxyl groups excluding tert-OH is 1. The fourth-order valence-corrected chi connectivity index (χ4v) is 1.30. The van der Waals surface area contributed by atoms with Gasteiger partial charge in [0.1, 0.15) is 5.75 Å². The topological polar surface area (TPSA) is 38.7 Å². The van der Waals surface area contributed by atoms with Crippen LogP contribution in [0.5, 0.6) is 5.75 Å². The number of rotatable bonds is 4. The summed E-state index contributed by atoms with van der Waals surface area (Å²) in [6, 6.07) is 5.62. The van der Waals surface area contributed by atoms with Crippen LogP contribution in [0.3, 0.4) is 0 Å². The van der Waals surface area contributed by atoms with Crippen molar-refractivity contribution in [2.45, 2.75) is 19.6 Å². The zero-order chi connectivity index (χ0) is 10.6. The van der Waals surface area contributed by atoms with E-state index in [0.717, 1.165) is 16.9 Å². The molecular formula is C11H16O3. The third-order valence-corrected chi connectivity index (χ3v) is 2.09. The van der Waals surface area contributed by atoms with Crippen LogP contribution in [0, 0.1) is 0 Å². The highest BCUT2D eigenvalue weighted by atomic mass is 16.5. The number of hydrogen-bond donors (Lipinski definition) is 1. The van der Waals surface area contributed by atoms with Crippen LogP contribution in [0.2, 0.25) is 0 Å². The Morgan fingerprint density at radius 3 is 2.57 bits per heavy atom. The first-order valence-electron chi connectivity index (χ1n) is 4.53. The standard InChI is InChI=1S/C11H16O3/c1-8(12)9-4-5-10(7-13-2)11(6-9)14-3/h4-6,8,12H,7H2,1-3H3. The molecule has 3 heteroatoms. The highest BCUT2D eigenvalue weighted by Crippen LogP contribution is 2.24. The van der Waals surface area contributed by atoms with Gasteiger partial charge in [0.05, 0.1) is 19.8 Å². The number of aliphatic hydroxyl groups is 1. The van der Waals surface area contributed by atoms with E-state index in [9.17, 15) is 5.11 Å². The van der Waals surface area contributed by atoms with Crippen LogP contribution in [0.1, 0.15) is 24.2 Å². The Balaban J connectivity index is 2.98. The van der Waals surface area contributed by atoms with E-state index in [1.165, 1.54) is 0 Å². The Labute approximate surface area is 84.3 Å². The van der Waals surface area contributed by atoms with Gasteiger partial charge in [-0.2, -0.15) is 0 Å². The lowest BCUT2D eigenvalue weighted by Crippen LogP contribution is -1.97. The van der Waals surface area contributed by atoms with E-state index in [2.05, 4.69) is 0 Å². The molecule has 0 saturated carbocycles. The Kier molecular flexibility index (Phi) is 3.92. The molecule has 0 bridgehead atoms. The van der Waals surface area contributed by atoms with Crippen LogP contribution in [0.4, 0.5) is 0 Å². The molecule has 1 N–H and O–H groups in total. The van der Waals surface area contributed by atoms with Crippen LogP contribution in [0.15, 0.2) is 18.2 Å². The molecule has 0 heterocycles. The highest BCUT2D eigenvalue weighted by molar-refractivity contribution is 5.37. The highest BCUT2D eigenvalue weighted by Gasteiger charge is 2.06. The van der Waals surface area contributed by atoms with Gasteiger partial charge in [0.2, 0.25) is 0 Å². The molecule has 0 saturated heterocycles. The molecule has 14 heavy (non-hydrogen) atoms. The van der Waals surface area contributed by atoms with Crippen LogP contribution in [-0.4, -0.2) is 19.3 Å². The molecule has 0 aliphatic rings. The summed E-state index contributed by atoms with van der Waals surface area (Å²) in [4.78, 5) is 0. The van der Waals surface area contributed by atoms with Gasteiger partial charge >= 0.3 is 0 Å². The fourth-order valence-electron chi connectivity index (χ4n) is 1.30. The van der Waals surface area contributed by atoms with Gasteiger partial charge in [0, 0.05) is 12.7 Å². The minimum absolute atomic E-state index is 0.472. The molecule has 3 nitrogen and oxygen atoms in total. The summed E-state index contributed by atoms with van der Waals surface area (Å²) >= 11 is 0. The number of hydrogen-bond acceptors (Lipinski definition) is 3. The summed E-state index contributed by atoms with van der Waals surface area (Å²) in [5, 5.41) is 9.38. The van der Waals surface area contributed by atoms with Crippen molar-refractivity contribution < 1.29 is 14.6 Å². The van der Waals surface area contributed by atoms with Gasteiger partial charge in [-0.15, -0.1) is 0 Å². The van der Waals surface area contributed by atoms with Gasteiger partial charge in [-0.1, -0.05) is 12.1 Å². The molecule has 0 amide bonds. The Morgan fingerprint density at radius 1 is 1.36 bits per heavy atom. The lowest BCUT2D eigenvalue weighted by molar-refractivity contribution is 0.180. The number of ether oxygens (including phenoxy) is 2. The van der Waals surface area contributed by atoms with Crippen LogP contribution in [-0.2, 0) is 11.3 Å². The van der Waals surface area contributed by atoms with Crippen molar-refractivity contribution in [3.8, 4) is 5.75 Å². The van der Waals surface area contributed by atoms with Crippen molar-refractivity contribution in [1.29, 1.82) is 0 Å². The van der Waals surface area contributed by atoms with Gasteiger partial charge in [0.15, 0.2) is 0 Å². The maximum atomic E-state index is 9.38. The quantitative estimate of drug-likeness (QED) is 0.799. The SMILES string of the molecule is COCc1ccc(C(C)O)cc1OC. The molecule has 1 aromatic carbocycles. The van der Waals surface area contributed by atoms with E-state index in [-0.39, 0.29) is 0 Å². The average Bonchev–Trinajstić information content (AvgIpc) is 2.18. The molecule has 0 fully saturated rings. The van der Waals surface area contributed by atoms with Gasteiger partial charge < -0.3 is 14.6 Å². The predicted octanol–water partition coefficient (Wildman–Crippen LogP) is 1.89. The van der Waals surface area contributed by atoms with Gasteiger partial charge in [0.25, 0.3) is 0 Å². The Bertz CT molecular complexity index is 295. The van der Waals surface area contributed by atoms with E-state index >= 15 is 0 Å². The van der Waals surface area contributed by atoms with Crippen LogP contribution in [0.25, 0.3) is 0 Å². The summed E-state index contributed by atoms with van der Waals surface area (Å²) in [5.41, 5.74) is 1.83. The van der Waals surface area contributed by atoms with E-state index < -0.39 is 6.10 Å². The summed E-state index contributed by atoms with van der Waals surface area (Å²) in [6.07, 6.45) is -0.472. The minimum Gasteiger partial charge on any atom is -0.496 e. The molecule has 1 unspecified atom stereocenters. The third kappa shape index (κ3) is 2.47. The van der Waals surface area contributed by atoms with Crippen molar-refractivity contribution >= 4 is 0 Å². The molecule has 1 rings (SSSR count). The molecule has 0 radical (unpaired) electrons. The smallest absolute Gasteiger partial charge is 0.124 e. The monoisotopic (exact) mass is 196 g/mol. The van der Waals surface area contributed by atoms with Gasteiger partial charge in [-0.25, -0.2) is 0 Å². The van der Waals surface area contributed by atoms with Crippen molar-refractivity contribution in [3.63, 3.8) is 0 Å². The van der Waals surface area contributed by atoms with E-state index in [0.29, 0.717) is 6.61 Å². The molecule has 0 aliphatic carbocycles. The van der Waals surface area contributed by atoms with E-state index in [1.54, 1.807) is 21.1 Å². The first-order valence-corrected chi connectivity index (χ1v) is 4.53. The normalized spacial score (nSPS) is 12.6. The second-order valence-corrected chi connectivity index (χ2v) is 3.18. The van der Waals surface area contributed by atoms with Crippen molar-refractivity contribution in [2.24, 2.45) is 0 Å². The van der Waals surface area contributed by atoms with Crippen LogP contribution < -0.4 is 4.74 Å². The Hall–Kier alpha value is -1.06. The van der Waals surface area contributed by atoms with Crippen molar-refractivity contribution in [2.75, 3.05) is 14.2 Å². The fraction of sp³-hybridized carbons (Fsp3) is 0.455. The molecule has 0 aromatic heterocycles. The largest absolute Gasteiger partial charge is 0.496 e. The first-order chi connectivity index (χ1) is 6.69. The average molecular weight is 196 g/mol. The van der Waals surface area contributed by atoms with E-state index in [1.807, 2.05) is 18.2 Å². The van der Waals surface area contributed by atoms with Gasteiger partial charge in [-0.3, -0.25) is 0 Å². The zero-order valence-corrected chi connectivity index (χ0v) is 8.78. The summed E-state index contributed by atoms with van der Waals surface area (Å²) in [7, 11) is 3.25. The van der Waals surface area contributed by atoms with Crippen LogP contribution >= 0.6 is 0 Å². The van der Waals surface area contributed by atoms with Crippen molar-refractivity contribution in [3.05, 3.63) is 29.3 Å². The molecule has 78 valence electrons. The predicted molar refractivity (Wildman–Crippen MR) is 54.3 cm³/mol. The van der Waals surface area contributed by atoms with Crippen molar-refractivity contribution in [1.82, 2.24) is 0 Å². The maximum Gasteiger partial charge on any atom is 0.124 e.